The van der Waals surface area contributed by atoms with E-state index in [2.05, 4.69) is 25.6 Å². The van der Waals surface area contributed by atoms with Crippen LogP contribution in [-0.4, -0.2) is 69.3 Å². The molecule has 0 aromatic carbocycles. The summed E-state index contributed by atoms with van der Waals surface area (Å²) in [6.45, 7) is 0.613. The number of nitrogens with zero attached hydrogens (tertiary/aromatic N) is 3. The molecule has 0 spiro atoms. The minimum Gasteiger partial charge on any atom is -0.390 e. The van der Waals surface area contributed by atoms with Crippen molar-refractivity contribution in [3.63, 3.8) is 0 Å². The lowest BCUT2D eigenvalue weighted by atomic mass is 10.1. The maximum absolute atomic E-state index is 12.3. The third kappa shape index (κ3) is 5.70. The predicted molar refractivity (Wildman–Crippen MR) is 109 cm³/mol. The van der Waals surface area contributed by atoms with Crippen LogP contribution in [0.25, 0.3) is 0 Å². The van der Waals surface area contributed by atoms with E-state index in [9.17, 15) is 19.3 Å². The van der Waals surface area contributed by atoms with Crippen molar-refractivity contribution in [3.05, 3.63) is 41.0 Å². The first kappa shape index (κ1) is 20.6. The number of ether oxygens (including phenoxy) is 1. The van der Waals surface area contributed by atoms with Crippen molar-refractivity contribution in [3.8, 4) is 0 Å². The van der Waals surface area contributed by atoms with E-state index in [0.717, 1.165) is 5.69 Å². The molecule has 1 aliphatic heterocycles. The van der Waals surface area contributed by atoms with Crippen molar-refractivity contribution in [1.29, 1.82) is 1.28 Å². The van der Waals surface area contributed by atoms with E-state index < -0.39 is 38.6 Å². The summed E-state index contributed by atoms with van der Waals surface area (Å²) in [7, 11) is -2.21. The molecule has 3 rings (SSSR count). The summed E-state index contributed by atoms with van der Waals surface area (Å²) in [5.74, 6) is 0.0160. The molecule has 0 bridgehead atoms. The SMILES string of the molecule is [3H][P+](=O)CC1OC(n2ccc(NCCNC(=O)C(N)Cc3cnc[nH]3)nc2=O)CC1O. The average molecular weight is 440 g/mol. The summed E-state index contributed by atoms with van der Waals surface area (Å²) >= 11 is 0. The Kier molecular flexibility index (Phi) is 7.14. The highest BCUT2D eigenvalue weighted by Gasteiger charge is 2.37. The molecule has 0 aliphatic carbocycles. The van der Waals surface area contributed by atoms with E-state index in [-0.39, 0.29) is 25.0 Å². The molecule has 12 nitrogen and oxygen atoms in total. The molecule has 3 heterocycles. The third-order valence-corrected chi connectivity index (χ3v) is 5.17. The van der Waals surface area contributed by atoms with Gasteiger partial charge >= 0.3 is 15.4 Å². The van der Waals surface area contributed by atoms with Crippen LogP contribution in [-0.2, 0) is 20.5 Å². The van der Waals surface area contributed by atoms with Gasteiger partial charge in [-0.3, -0.25) is 9.36 Å². The van der Waals surface area contributed by atoms with E-state index in [4.69, 9.17) is 11.7 Å². The number of hydrogen-bond donors (Lipinski definition) is 5. The Balaban J connectivity index is 1.45. The van der Waals surface area contributed by atoms with E-state index in [0.29, 0.717) is 18.8 Å². The van der Waals surface area contributed by atoms with Crippen molar-refractivity contribution < 1.29 is 19.2 Å². The Morgan fingerprint density at radius 1 is 1.57 bits per heavy atom. The zero-order valence-corrected chi connectivity index (χ0v) is 17.0. The van der Waals surface area contributed by atoms with Gasteiger partial charge in [0.2, 0.25) is 5.91 Å². The van der Waals surface area contributed by atoms with Gasteiger partial charge in [0.15, 0.2) is 6.16 Å². The molecule has 2 aromatic heterocycles. The van der Waals surface area contributed by atoms with Crippen molar-refractivity contribution in [1.82, 2.24) is 24.8 Å². The number of H-pyrrole nitrogens is 1. The lowest BCUT2D eigenvalue weighted by Crippen LogP contribution is -2.43. The molecule has 5 unspecified atom stereocenters. The summed E-state index contributed by atoms with van der Waals surface area (Å²) in [4.78, 5) is 35.0. The van der Waals surface area contributed by atoms with Crippen LogP contribution < -0.4 is 22.1 Å². The van der Waals surface area contributed by atoms with E-state index in [1.54, 1.807) is 12.3 Å². The zero-order chi connectivity index (χ0) is 22.4. The number of nitrogens with two attached hydrogens (primary N) is 1. The van der Waals surface area contributed by atoms with Crippen molar-refractivity contribution >= 4 is 20.1 Å². The maximum atomic E-state index is 12.3. The number of amides is 1. The topological polar surface area (TPSA) is 177 Å². The molecular weight excluding hydrogens is 413 g/mol. The third-order valence-electron chi connectivity index (χ3n) is 4.66. The van der Waals surface area contributed by atoms with Crippen LogP contribution in [0, 0.1) is 0 Å². The monoisotopic (exact) mass is 440 g/mol. The Labute approximate surface area is 174 Å². The number of aliphatic hydroxyl groups is 1. The number of aromatic nitrogens is 4. The van der Waals surface area contributed by atoms with E-state index in [1.165, 1.54) is 17.1 Å². The van der Waals surface area contributed by atoms with Gasteiger partial charge in [-0.25, -0.2) is 9.78 Å². The van der Waals surface area contributed by atoms with Crippen LogP contribution in [0.3, 0.4) is 0 Å². The summed E-state index contributed by atoms with van der Waals surface area (Å²) in [5, 5.41) is 15.6. The Hall–Kier alpha value is -2.66. The summed E-state index contributed by atoms with van der Waals surface area (Å²) in [6, 6.07) is 0.864. The van der Waals surface area contributed by atoms with Crippen LogP contribution in [0.15, 0.2) is 29.6 Å². The van der Waals surface area contributed by atoms with Gasteiger partial charge < -0.3 is 31.2 Å². The van der Waals surface area contributed by atoms with Crippen molar-refractivity contribution in [2.24, 2.45) is 5.73 Å². The van der Waals surface area contributed by atoms with Crippen LogP contribution in [0.1, 0.15) is 18.3 Å². The second-order valence-electron chi connectivity index (χ2n) is 6.85. The van der Waals surface area contributed by atoms with Crippen molar-refractivity contribution in [2.75, 3.05) is 24.6 Å². The summed E-state index contributed by atoms with van der Waals surface area (Å²) < 4.78 is 25.0. The minimum absolute atomic E-state index is 0.0912. The fourth-order valence-corrected chi connectivity index (χ4v) is 3.56. The molecule has 1 aliphatic rings. The molecule has 2 aromatic rings. The van der Waals surface area contributed by atoms with Gasteiger partial charge in [-0.2, -0.15) is 4.98 Å². The molecule has 30 heavy (non-hydrogen) atoms. The number of carbonyl (C=O) groups is 1. The fourth-order valence-electron chi connectivity index (χ4n) is 3.09. The predicted octanol–water partition coefficient (Wildman–Crippen LogP) is -1.26. The fraction of sp³-hybridized carbons (Fsp3) is 0.529. The molecular formula is C17H25N7O5P+. The van der Waals surface area contributed by atoms with Gasteiger partial charge in [0.05, 0.1) is 18.5 Å². The first-order valence-corrected chi connectivity index (χ1v) is 10.4. The zero-order valence-electron chi connectivity index (χ0n) is 17.1. The van der Waals surface area contributed by atoms with E-state index in [1.807, 2.05) is 0 Å². The van der Waals surface area contributed by atoms with Crippen LogP contribution >= 0.6 is 8.41 Å². The van der Waals surface area contributed by atoms with Crippen LogP contribution in [0.2, 0.25) is 0 Å². The normalized spacial score (nSPS) is 22.9. The number of carbonyl (C=O) groups excluding carboxylic acids is 1. The number of nitrogens with one attached hydrogen (secondary N) is 3. The lowest BCUT2D eigenvalue weighted by Gasteiger charge is -2.14. The first-order valence-electron chi connectivity index (χ1n) is 9.89. The maximum Gasteiger partial charge on any atom is 0.388 e. The second-order valence-corrected chi connectivity index (χ2v) is 7.48. The van der Waals surface area contributed by atoms with Gasteiger partial charge in [0.25, 0.3) is 0 Å². The molecule has 162 valence electrons. The largest absolute Gasteiger partial charge is 0.390 e. The smallest absolute Gasteiger partial charge is 0.388 e. The number of rotatable bonds is 10. The van der Waals surface area contributed by atoms with Gasteiger partial charge in [-0.1, -0.05) is 4.57 Å². The molecule has 0 radical (unpaired) electrons. The number of anilines is 1. The highest BCUT2D eigenvalue weighted by molar-refractivity contribution is 7.23. The van der Waals surface area contributed by atoms with Gasteiger partial charge in [-0.15, -0.1) is 0 Å². The highest BCUT2D eigenvalue weighted by atomic mass is 31.1. The number of imidazole rings is 1. The summed E-state index contributed by atoms with van der Waals surface area (Å²) in [5.41, 5.74) is 6.04. The molecule has 13 heteroatoms. The summed E-state index contributed by atoms with van der Waals surface area (Å²) in [6.07, 6.45) is 2.62. The Bertz CT molecular complexity index is 957. The minimum atomic E-state index is -2.21. The second kappa shape index (κ2) is 10.4. The molecule has 1 amide bonds. The Morgan fingerprint density at radius 2 is 2.40 bits per heavy atom. The van der Waals surface area contributed by atoms with Crippen LogP contribution in [0.5, 0.6) is 0 Å². The number of aliphatic hydroxyl groups excluding tert-OH is 1. The van der Waals surface area contributed by atoms with E-state index >= 15 is 0 Å². The molecule has 5 atom stereocenters. The average Bonchev–Trinajstić information content (AvgIpc) is 3.34. The Morgan fingerprint density at radius 3 is 3.10 bits per heavy atom. The van der Waals surface area contributed by atoms with Gasteiger partial charge in [-0.05, 0) is 6.07 Å². The van der Waals surface area contributed by atoms with Crippen molar-refractivity contribution in [2.45, 2.75) is 37.3 Å². The number of aromatic amines is 1. The molecule has 1 saturated heterocycles. The quantitative estimate of drug-likeness (QED) is 0.223. The lowest BCUT2D eigenvalue weighted by molar-refractivity contribution is -0.122. The van der Waals surface area contributed by atoms with Gasteiger partial charge in [0, 0.05) is 44.0 Å². The molecule has 6 N–H and O–H groups in total. The molecule has 0 saturated carbocycles. The van der Waals surface area contributed by atoms with Gasteiger partial charge in [0.1, 0.15) is 18.1 Å². The molecule has 1 fully saturated rings. The first-order chi connectivity index (χ1) is 14.8. The number of hydrogen-bond acceptors (Lipinski definition) is 9. The standard InChI is InChI=1S/C17H24N7O5P/c18-11(5-10-7-19-9-22-10)16(26)21-3-2-20-14-1-4-24(17(27)23-14)15-6-12(25)13(29-15)8-30-28/h1,4,7,9,11-13,15,25H,2-3,5-6,8,18H2,(H,19,22)(H,21,26)(H,20,23,27)/p+1/i/hT. The van der Waals surface area contributed by atoms with Crippen LogP contribution in [0.4, 0.5) is 5.82 Å². The highest BCUT2D eigenvalue weighted by Crippen LogP contribution is 2.29.